The van der Waals surface area contributed by atoms with Crippen LogP contribution in [0.2, 0.25) is 0 Å². The number of carbonyl (C=O) groups is 1. The summed E-state index contributed by atoms with van der Waals surface area (Å²) in [6.07, 6.45) is -1.68. The van der Waals surface area contributed by atoms with Crippen LogP contribution in [0.25, 0.3) is 0 Å². The van der Waals surface area contributed by atoms with E-state index in [2.05, 4.69) is 9.78 Å². The fraction of sp³-hybridized carbons (Fsp3) is 0.500. The number of alkyl halides is 3. The third-order valence-electron chi connectivity index (χ3n) is 0.207. The second-order valence-electron chi connectivity index (χ2n) is 0.878. The highest BCUT2D eigenvalue weighted by atomic mass is 35.6. The van der Waals surface area contributed by atoms with Gasteiger partial charge in [-0.1, -0.05) is 0 Å². The fourth-order valence-electron chi connectivity index (χ4n) is 0.0829. The molecule has 7 heteroatoms. The zero-order valence-electron chi connectivity index (χ0n) is 3.81. The number of rotatable bonds is 1. The van der Waals surface area contributed by atoms with Gasteiger partial charge in [-0.2, -0.15) is 0 Å². The van der Waals surface area contributed by atoms with E-state index >= 15 is 0 Å². The monoisotopic (exact) mass is 194 g/mol. The van der Waals surface area contributed by atoms with Crippen LogP contribution in [0.15, 0.2) is 0 Å². The van der Waals surface area contributed by atoms with Crippen molar-refractivity contribution in [2.75, 3.05) is 0 Å². The van der Waals surface area contributed by atoms with Gasteiger partial charge in [0.25, 0.3) is 0 Å². The second-order valence-corrected chi connectivity index (χ2v) is 3.06. The summed E-state index contributed by atoms with van der Waals surface area (Å²) in [5, 5.41) is 7.75. The van der Waals surface area contributed by atoms with E-state index < -0.39 is 10.1 Å². The van der Waals surface area contributed by atoms with E-state index in [1.807, 2.05) is 0 Å². The molecule has 54 valence electrons. The van der Waals surface area contributed by atoms with Crippen molar-refractivity contribution in [2.24, 2.45) is 0 Å². The lowest BCUT2D eigenvalue weighted by Crippen LogP contribution is -2.12. The lowest BCUT2D eigenvalue weighted by atomic mass is 11.4. The average molecular weight is 195 g/mol. The third kappa shape index (κ3) is 8.10. The predicted molar refractivity (Wildman–Crippen MR) is 30.5 cm³/mol. The summed E-state index contributed by atoms with van der Waals surface area (Å²) in [5.74, 6) is 0. The first kappa shape index (κ1) is 9.10. The number of hydrogen-bond acceptors (Lipinski definition) is 3. The van der Waals surface area contributed by atoms with Crippen molar-refractivity contribution < 1.29 is 19.7 Å². The van der Waals surface area contributed by atoms with Crippen LogP contribution in [0.3, 0.4) is 0 Å². The zero-order chi connectivity index (χ0) is 7.49. The Bertz CT molecular complexity index is 107. The maximum atomic E-state index is 9.52. The van der Waals surface area contributed by atoms with Crippen molar-refractivity contribution in [2.45, 2.75) is 3.98 Å². The first-order valence-electron chi connectivity index (χ1n) is 1.57. The Kier molecular flexibility index (Phi) is 3.35. The zero-order valence-corrected chi connectivity index (χ0v) is 6.07. The van der Waals surface area contributed by atoms with Crippen LogP contribution in [-0.4, -0.2) is 15.2 Å². The molecule has 0 bridgehead atoms. The molecule has 0 aliphatic rings. The maximum Gasteiger partial charge on any atom is 0.538 e. The molecule has 0 radical (unpaired) electrons. The Hall–Kier alpha value is 0.1000. The van der Waals surface area contributed by atoms with E-state index in [1.54, 1.807) is 0 Å². The van der Waals surface area contributed by atoms with Gasteiger partial charge in [0, 0.05) is 0 Å². The van der Waals surface area contributed by atoms with Crippen molar-refractivity contribution in [1.82, 2.24) is 0 Å². The molecule has 4 nitrogen and oxygen atoms in total. The Morgan fingerprint density at radius 1 is 1.44 bits per heavy atom. The summed E-state index contributed by atoms with van der Waals surface area (Å²) < 4.78 is -2.15. The molecule has 0 saturated heterocycles. The van der Waals surface area contributed by atoms with Gasteiger partial charge in [-0.25, -0.2) is 4.79 Å². The molecule has 9 heavy (non-hydrogen) atoms. The molecule has 0 aromatic carbocycles. The standard InChI is InChI=1S/C2HCl3O4/c3-2(4,5)9-8-1(6)7/h(H,6,7). The van der Waals surface area contributed by atoms with E-state index in [-0.39, 0.29) is 0 Å². The summed E-state index contributed by atoms with van der Waals surface area (Å²) in [6, 6.07) is 0. The fourth-order valence-corrected chi connectivity index (χ4v) is 0.177. The largest absolute Gasteiger partial charge is 0.538 e. The van der Waals surface area contributed by atoms with E-state index in [1.165, 1.54) is 0 Å². The molecule has 0 aliphatic heterocycles. The van der Waals surface area contributed by atoms with Gasteiger partial charge in [-0.15, -0.1) is 4.89 Å². The van der Waals surface area contributed by atoms with Gasteiger partial charge in [0.05, 0.1) is 0 Å². The van der Waals surface area contributed by atoms with E-state index in [0.29, 0.717) is 0 Å². The van der Waals surface area contributed by atoms with Crippen molar-refractivity contribution in [1.29, 1.82) is 0 Å². The highest BCUT2D eigenvalue weighted by Crippen LogP contribution is 2.27. The molecule has 0 rings (SSSR count). The Morgan fingerprint density at radius 3 is 2.00 bits per heavy atom. The third-order valence-corrected chi connectivity index (χ3v) is 0.396. The summed E-state index contributed by atoms with van der Waals surface area (Å²) in [4.78, 5) is 16.6. The Labute approximate surface area is 65.1 Å². The molecule has 0 aliphatic carbocycles. The van der Waals surface area contributed by atoms with Crippen LogP contribution in [-0.2, 0) is 9.78 Å². The van der Waals surface area contributed by atoms with Crippen molar-refractivity contribution in [3.05, 3.63) is 0 Å². The quantitative estimate of drug-likeness (QED) is 0.395. The number of halogens is 3. The van der Waals surface area contributed by atoms with Crippen LogP contribution >= 0.6 is 34.8 Å². The van der Waals surface area contributed by atoms with Crippen molar-refractivity contribution in [3.8, 4) is 0 Å². The van der Waals surface area contributed by atoms with E-state index in [0.717, 1.165) is 0 Å². The first-order valence-corrected chi connectivity index (χ1v) is 2.70. The molecule has 0 spiro atoms. The molecular weight excluding hydrogens is 194 g/mol. The molecule has 0 amide bonds. The molecule has 0 aromatic heterocycles. The van der Waals surface area contributed by atoms with E-state index in [4.69, 9.17) is 39.9 Å². The molecule has 0 aromatic rings. The molecule has 0 heterocycles. The topological polar surface area (TPSA) is 55.8 Å². The van der Waals surface area contributed by atoms with Gasteiger partial charge in [0.1, 0.15) is 0 Å². The summed E-state index contributed by atoms with van der Waals surface area (Å²) >= 11 is 14.7. The maximum absolute atomic E-state index is 9.52. The number of hydrogen-bond donors (Lipinski definition) is 1. The molecule has 0 saturated carbocycles. The number of carboxylic acid groups (broad SMARTS) is 1. The molecule has 0 fully saturated rings. The lowest BCUT2D eigenvalue weighted by Gasteiger charge is -2.06. The van der Waals surface area contributed by atoms with Gasteiger partial charge < -0.3 is 5.11 Å². The molecule has 0 unspecified atom stereocenters. The van der Waals surface area contributed by atoms with Crippen LogP contribution in [0.5, 0.6) is 0 Å². The molecule has 1 N–H and O–H groups in total. The van der Waals surface area contributed by atoms with Crippen LogP contribution in [0, 0.1) is 0 Å². The Morgan fingerprint density at radius 2 is 1.89 bits per heavy atom. The minimum Gasteiger partial charge on any atom is -0.448 e. The van der Waals surface area contributed by atoms with Crippen LogP contribution in [0.1, 0.15) is 0 Å². The summed E-state index contributed by atoms with van der Waals surface area (Å²) in [6.45, 7) is 0. The Balaban J connectivity index is 3.39. The minimum atomic E-state index is -2.15. The molecular formula is C2HCl3O4. The van der Waals surface area contributed by atoms with Gasteiger partial charge in [-0.05, 0) is 34.8 Å². The van der Waals surface area contributed by atoms with Crippen molar-refractivity contribution >= 4 is 41.0 Å². The SMILES string of the molecule is O=C(O)OOC(Cl)(Cl)Cl. The van der Waals surface area contributed by atoms with Gasteiger partial charge in [0.15, 0.2) is 0 Å². The smallest absolute Gasteiger partial charge is 0.448 e. The van der Waals surface area contributed by atoms with Gasteiger partial charge >= 0.3 is 10.1 Å². The average Bonchev–Trinajstić information content (AvgIpc) is 1.59. The normalized spacial score (nSPS) is 11.0. The van der Waals surface area contributed by atoms with E-state index in [9.17, 15) is 4.79 Å². The highest BCUT2D eigenvalue weighted by molar-refractivity contribution is 6.66. The highest BCUT2D eigenvalue weighted by Gasteiger charge is 2.24. The van der Waals surface area contributed by atoms with Gasteiger partial charge in [0.2, 0.25) is 0 Å². The lowest BCUT2D eigenvalue weighted by molar-refractivity contribution is -0.257. The first-order chi connectivity index (χ1) is 3.92. The predicted octanol–water partition coefficient (Wildman–Crippen LogP) is 1.94. The van der Waals surface area contributed by atoms with Crippen molar-refractivity contribution in [3.63, 3.8) is 0 Å². The van der Waals surface area contributed by atoms with Crippen LogP contribution in [0.4, 0.5) is 4.79 Å². The summed E-state index contributed by atoms with van der Waals surface area (Å²) in [5.41, 5.74) is 0. The summed E-state index contributed by atoms with van der Waals surface area (Å²) in [7, 11) is 0. The van der Waals surface area contributed by atoms with Crippen LogP contribution < -0.4 is 0 Å². The van der Waals surface area contributed by atoms with Gasteiger partial charge in [-0.3, -0.25) is 4.89 Å². The minimum absolute atomic E-state index is 1.68. The second kappa shape index (κ2) is 3.31. The molecule has 0 atom stereocenters.